The first kappa shape index (κ1) is 32.4. The molecule has 1 amide bonds. The lowest BCUT2D eigenvalue weighted by atomic mass is 10.0. The Bertz CT molecular complexity index is 1970. The van der Waals surface area contributed by atoms with Crippen LogP contribution in [0.4, 0.5) is 0 Å². The number of hydrogen-bond donors (Lipinski definition) is 1. The van der Waals surface area contributed by atoms with Crippen molar-refractivity contribution in [3.63, 3.8) is 0 Å². The van der Waals surface area contributed by atoms with Gasteiger partial charge in [-0.25, -0.2) is 17.8 Å². The summed E-state index contributed by atoms with van der Waals surface area (Å²) in [5.74, 6) is -0.451. The molecule has 2 aliphatic heterocycles. The van der Waals surface area contributed by atoms with Crippen LogP contribution >= 0.6 is 11.3 Å². The van der Waals surface area contributed by atoms with Crippen molar-refractivity contribution in [2.45, 2.75) is 107 Å². The lowest BCUT2D eigenvalue weighted by molar-refractivity contribution is -0.126. The van der Waals surface area contributed by atoms with Gasteiger partial charge in [-0.15, -0.1) is 11.3 Å². The van der Waals surface area contributed by atoms with E-state index >= 15 is 0 Å². The van der Waals surface area contributed by atoms with Crippen molar-refractivity contribution in [1.82, 2.24) is 13.9 Å². The van der Waals surface area contributed by atoms with Gasteiger partial charge in [-0.2, -0.15) is 5.26 Å². The molecule has 2 bridgehead atoms. The second-order valence-electron chi connectivity index (χ2n) is 13.2. The molecule has 3 aromatic rings. The maximum atomic E-state index is 14.5. The summed E-state index contributed by atoms with van der Waals surface area (Å²) < 4.78 is 47.6. The van der Waals surface area contributed by atoms with Gasteiger partial charge in [-0.05, 0) is 77.8 Å². The zero-order chi connectivity index (χ0) is 33.2. The van der Waals surface area contributed by atoms with E-state index in [-0.39, 0.29) is 40.0 Å². The summed E-state index contributed by atoms with van der Waals surface area (Å²) in [6, 6.07) is 9.45. The van der Waals surface area contributed by atoms with Gasteiger partial charge in [0.25, 0.3) is 11.5 Å². The molecule has 3 fully saturated rings. The average Bonchev–Trinajstić information content (AvgIpc) is 3.57. The largest absolute Gasteiger partial charge is 0.496 e. The van der Waals surface area contributed by atoms with E-state index in [1.807, 2.05) is 18.2 Å². The monoisotopic (exact) mass is 670 g/mol. The van der Waals surface area contributed by atoms with E-state index in [9.17, 15) is 28.1 Å². The van der Waals surface area contributed by atoms with Gasteiger partial charge in [-0.3, -0.25) is 18.9 Å². The molecule has 12 nitrogen and oxygen atoms in total. The molecule has 4 heterocycles. The van der Waals surface area contributed by atoms with Gasteiger partial charge in [0.1, 0.15) is 33.2 Å². The maximum Gasteiger partial charge on any atom is 0.333 e. The number of amides is 1. The van der Waals surface area contributed by atoms with Crippen LogP contribution < -0.4 is 20.7 Å². The zero-order valence-corrected chi connectivity index (χ0v) is 28.1. The first-order valence-corrected chi connectivity index (χ1v) is 17.7. The number of nitriles is 1. The summed E-state index contributed by atoms with van der Waals surface area (Å²) in [7, 11) is -2.51. The molecule has 4 atom stereocenters. The number of nitrogens with zero attached hydrogens (tertiary/aromatic N) is 3. The molecule has 1 N–H and O–H groups in total. The number of hydrogen-bond acceptors (Lipinski definition) is 10. The van der Waals surface area contributed by atoms with Gasteiger partial charge in [0.05, 0.1) is 42.1 Å². The van der Waals surface area contributed by atoms with Crippen molar-refractivity contribution in [2.24, 2.45) is 0 Å². The number of aryl methyl sites for hydroxylation is 1. The first-order valence-electron chi connectivity index (χ1n) is 15.4. The van der Waals surface area contributed by atoms with Crippen molar-refractivity contribution in [3.05, 3.63) is 61.1 Å². The highest BCUT2D eigenvalue weighted by Crippen LogP contribution is 2.42. The number of rotatable bonds is 10. The highest BCUT2D eigenvalue weighted by molar-refractivity contribution is 7.91. The molecule has 46 heavy (non-hydrogen) atoms. The molecule has 0 spiro atoms. The average molecular weight is 671 g/mol. The summed E-state index contributed by atoms with van der Waals surface area (Å²) in [5.41, 5.74) is -2.45. The minimum absolute atomic E-state index is 0.0679. The summed E-state index contributed by atoms with van der Waals surface area (Å²) in [4.78, 5) is 42.7. The molecular weight excluding hydrogens is 633 g/mol. The SMILES string of the molecule is COc1ccccc1C(Cn1c(=O)n(C(C)(C)C(=O)NS(=O)(=O)C2(C)CC2)c(=O)c2c(C)c(C#N)sc21)OC1C[C@H]2CC[C@@H](C1)O2. The van der Waals surface area contributed by atoms with Crippen LogP contribution in [0.5, 0.6) is 5.75 Å². The van der Waals surface area contributed by atoms with Crippen LogP contribution in [0.25, 0.3) is 10.2 Å². The predicted octanol–water partition coefficient (Wildman–Crippen LogP) is 3.61. The third-order valence-electron chi connectivity index (χ3n) is 9.70. The van der Waals surface area contributed by atoms with Crippen molar-refractivity contribution in [3.8, 4) is 11.8 Å². The first-order chi connectivity index (χ1) is 21.7. The van der Waals surface area contributed by atoms with Gasteiger partial charge >= 0.3 is 5.69 Å². The van der Waals surface area contributed by atoms with E-state index in [1.54, 1.807) is 27.0 Å². The number of benzene rings is 1. The summed E-state index contributed by atoms with van der Waals surface area (Å²) in [6.07, 6.45) is 3.46. The minimum Gasteiger partial charge on any atom is -0.496 e. The number of sulfonamides is 1. The number of carbonyl (C=O) groups is 1. The van der Waals surface area contributed by atoms with E-state index in [2.05, 4.69) is 10.8 Å². The summed E-state index contributed by atoms with van der Waals surface area (Å²) in [5, 5.41) is 9.99. The maximum absolute atomic E-state index is 14.5. The molecule has 2 unspecified atom stereocenters. The Morgan fingerprint density at radius 3 is 2.48 bits per heavy atom. The number of nitrogens with one attached hydrogen (secondary N) is 1. The van der Waals surface area contributed by atoms with Crippen LogP contribution in [0.2, 0.25) is 0 Å². The Kier molecular flexibility index (Phi) is 8.20. The van der Waals surface area contributed by atoms with Crippen molar-refractivity contribution in [2.75, 3.05) is 7.11 Å². The quantitative estimate of drug-likeness (QED) is 0.340. The lowest BCUT2D eigenvalue weighted by Gasteiger charge is -2.33. The van der Waals surface area contributed by atoms with Crippen LogP contribution in [0.1, 0.15) is 81.4 Å². The van der Waals surface area contributed by atoms with Crippen LogP contribution in [0.15, 0.2) is 33.9 Å². The number of thiophene rings is 1. The molecule has 0 radical (unpaired) electrons. The predicted molar refractivity (Wildman–Crippen MR) is 172 cm³/mol. The molecule has 1 saturated carbocycles. The number of methoxy groups -OCH3 is 1. The molecule has 2 saturated heterocycles. The fourth-order valence-corrected chi connectivity index (χ4v) is 8.97. The Hall–Kier alpha value is -3.51. The highest BCUT2D eigenvalue weighted by atomic mass is 32.2. The van der Waals surface area contributed by atoms with Crippen LogP contribution in [0.3, 0.4) is 0 Å². The molecular formula is C32H38N4O8S2. The Morgan fingerprint density at radius 2 is 1.87 bits per heavy atom. The zero-order valence-electron chi connectivity index (χ0n) is 26.5. The van der Waals surface area contributed by atoms with Gasteiger partial charge < -0.3 is 14.2 Å². The number of para-hydroxylation sites is 1. The second kappa shape index (κ2) is 11.6. The Labute approximate surface area is 270 Å². The lowest BCUT2D eigenvalue weighted by Crippen LogP contribution is -2.57. The van der Waals surface area contributed by atoms with E-state index < -0.39 is 43.6 Å². The number of fused-ring (bicyclic) bond motifs is 3. The van der Waals surface area contributed by atoms with Gasteiger partial charge in [-0.1, -0.05) is 18.2 Å². The molecule has 1 aliphatic carbocycles. The third-order valence-corrected chi connectivity index (χ3v) is 13.1. The number of carbonyl (C=O) groups excluding carboxylic acids is 1. The fourth-order valence-electron chi connectivity index (χ4n) is 6.49. The second-order valence-corrected chi connectivity index (χ2v) is 16.4. The number of ether oxygens (including phenoxy) is 3. The standard InChI is InChI=1S/C32H38N4O8S2/c1-18-25(16-33)45-28-26(18)27(37)36(31(2,3)29(38)34-46(40,41)32(4)12-13-32)30(39)35(28)17-24(22-8-6-7-9-23(22)42-5)44-21-14-19-10-11-20(15-21)43-19/h6-9,19-21,24H,10-15,17H2,1-5H3,(H,34,38)/t19-,20+,21?,24?. The number of aromatic nitrogens is 2. The van der Waals surface area contributed by atoms with Gasteiger partial charge in [0.15, 0.2) is 0 Å². The fraction of sp³-hybridized carbons (Fsp3) is 0.562. The molecule has 3 aliphatic rings. The van der Waals surface area contributed by atoms with Crippen molar-refractivity contribution >= 4 is 37.5 Å². The Balaban J connectivity index is 1.49. The minimum atomic E-state index is -4.06. The van der Waals surface area contributed by atoms with Gasteiger partial charge in [0.2, 0.25) is 10.0 Å². The Morgan fingerprint density at radius 1 is 1.22 bits per heavy atom. The van der Waals surface area contributed by atoms with Crippen LogP contribution in [-0.2, 0) is 36.4 Å². The normalized spacial score (nSPS) is 22.7. The molecule has 14 heteroatoms. The van der Waals surface area contributed by atoms with Crippen molar-refractivity contribution < 1.29 is 27.4 Å². The molecule has 6 rings (SSSR count). The van der Waals surface area contributed by atoms with Gasteiger partial charge in [0, 0.05) is 5.56 Å². The molecule has 2 aromatic heterocycles. The van der Waals surface area contributed by atoms with Crippen molar-refractivity contribution in [1.29, 1.82) is 5.26 Å². The smallest absolute Gasteiger partial charge is 0.333 e. The van der Waals surface area contributed by atoms with E-state index in [0.29, 0.717) is 42.6 Å². The van der Waals surface area contributed by atoms with E-state index in [0.717, 1.165) is 28.7 Å². The summed E-state index contributed by atoms with van der Waals surface area (Å²) >= 11 is 1.02. The van der Waals surface area contributed by atoms with Crippen LogP contribution in [-0.4, -0.2) is 53.6 Å². The molecule has 1 aromatic carbocycles. The topological polar surface area (TPSA) is 159 Å². The highest BCUT2D eigenvalue weighted by Gasteiger charge is 2.52. The summed E-state index contributed by atoms with van der Waals surface area (Å²) in [6.45, 7) is 5.77. The van der Waals surface area contributed by atoms with E-state index in [4.69, 9.17) is 14.2 Å². The molecule has 246 valence electrons. The van der Waals surface area contributed by atoms with Crippen LogP contribution in [0, 0.1) is 18.3 Å². The third kappa shape index (κ3) is 5.46. The van der Waals surface area contributed by atoms with E-state index in [1.165, 1.54) is 18.4 Å².